The van der Waals surface area contributed by atoms with Crippen LogP contribution in [0.25, 0.3) is 0 Å². The van der Waals surface area contributed by atoms with Crippen LogP contribution in [0.3, 0.4) is 0 Å². The lowest BCUT2D eigenvalue weighted by atomic mass is 9.92. The Kier molecular flexibility index (Phi) is 3.71. The van der Waals surface area contributed by atoms with E-state index in [9.17, 15) is 14.7 Å². The van der Waals surface area contributed by atoms with Crippen LogP contribution in [0.2, 0.25) is 0 Å². The van der Waals surface area contributed by atoms with Gasteiger partial charge >= 0.3 is 12.0 Å². The molecular formula is C13H22N2O4. The first-order valence-corrected chi connectivity index (χ1v) is 6.76. The fraction of sp³-hybridized carbons (Fsp3) is 0.846. The van der Waals surface area contributed by atoms with E-state index in [1.165, 1.54) is 4.90 Å². The second-order valence-electron chi connectivity index (χ2n) is 6.45. The van der Waals surface area contributed by atoms with E-state index in [0.29, 0.717) is 0 Å². The van der Waals surface area contributed by atoms with Crippen LogP contribution < -0.4 is 5.32 Å². The first kappa shape index (κ1) is 14.1. The summed E-state index contributed by atoms with van der Waals surface area (Å²) in [5.74, 6) is -1.06. The van der Waals surface area contributed by atoms with Crippen molar-refractivity contribution >= 4 is 12.0 Å². The lowest BCUT2D eigenvalue weighted by molar-refractivity contribution is -0.141. The van der Waals surface area contributed by atoms with Crippen LogP contribution in [0.15, 0.2) is 0 Å². The van der Waals surface area contributed by atoms with Gasteiger partial charge in [-0.1, -0.05) is 13.8 Å². The van der Waals surface area contributed by atoms with Gasteiger partial charge in [-0.25, -0.2) is 9.59 Å². The number of aliphatic hydroxyl groups excluding tert-OH is 1. The number of amides is 2. The molecule has 0 bridgehead atoms. The molecule has 0 aromatic carbocycles. The van der Waals surface area contributed by atoms with Crippen LogP contribution in [-0.2, 0) is 4.79 Å². The number of carboxylic acid groups (broad SMARTS) is 1. The highest BCUT2D eigenvalue weighted by Crippen LogP contribution is 2.37. The van der Waals surface area contributed by atoms with E-state index in [4.69, 9.17) is 5.11 Å². The summed E-state index contributed by atoms with van der Waals surface area (Å²) >= 11 is 0. The van der Waals surface area contributed by atoms with Gasteiger partial charge in [0.05, 0.1) is 6.10 Å². The van der Waals surface area contributed by atoms with E-state index in [1.807, 2.05) is 0 Å². The Morgan fingerprint density at radius 1 is 1.37 bits per heavy atom. The Labute approximate surface area is 112 Å². The van der Waals surface area contributed by atoms with E-state index < -0.39 is 18.1 Å². The third kappa shape index (κ3) is 3.18. The summed E-state index contributed by atoms with van der Waals surface area (Å²) in [4.78, 5) is 24.4. The lowest BCUT2D eigenvalue weighted by Gasteiger charge is -2.24. The predicted molar refractivity (Wildman–Crippen MR) is 68.7 cm³/mol. The molecule has 0 radical (unpaired) electrons. The van der Waals surface area contributed by atoms with E-state index in [-0.39, 0.29) is 30.5 Å². The number of hydrogen-bond donors (Lipinski definition) is 3. The molecule has 1 aliphatic heterocycles. The van der Waals surface area contributed by atoms with Gasteiger partial charge in [-0.15, -0.1) is 0 Å². The minimum atomic E-state index is -1.06. The second kappa shape index (κ2) is 5.00. The number of β-amino-alcohol motifs (C(OH)–C–C–N with tert-alkyl or cyclic N) is 1. The van der Waals surface area contributed by atoms with Gasteiger partial charge in [-0.05, 0) is 24.7 Å². The Balaban J connectivity index is 1.94. The van der Waals surface area contributed by atoms with Crippen molar-refractivity contribution in [1.29, 1.82) is 0 Å². The molecule has 6 heteroatoms. The number of hydrogen-bond acceptors (Lipinski definition) is 3. The molecule has 0 spiro atoms. The first-order chi connectivity index (χ1) is 8.78. The zero-order valence-electron chi connectivity index (χ0n) is 11.4. The van der Waals surface area contributed by atoms with Crippen molar-refractivity contribution in [3.05, 3.63) is 0 Å². The summed E-state index contributed by atoms with van der Waals surface area (Å²) in [5, 5.41) is 21.5. The summed E-state index contributed by atoms with van der Waals surface area (Å²) in [7, 11) is 0. The fourth-order valence-corrected chi connectivity index (χ4v) is 3.09. The molecule has 1 saturated carbocycles. The number of urea groups is 1. The SMILES string of the molecule is CC1(C)CCC(NC(=O)N2C[C@@H](O)C[C@H]2C(=O)O)C1. The number of nitrogens with zero attached hydrogens (tertiary/aromatic N) is 1. The molecular weight excluding hydrogens is 248 g/mol. The highest BCUT2D eigenvalue weighted by molar-refractivity contribution is 5.83. The Hall–Kier alpha value is -1.30. The number of carbonyl (C=O) groups is 2. The van der Waals surface area contributed by atoms with Gasteiger partial charge in [-0.2, -0.15) is 0 Å². The minimum Gasteiger partial charge on any atom is -0.480 e. The number of rotatable bonds is 2. The summed E-state index contributed by atoms with van der Waals surface area (Å²) in [6.45, 7) is 4.43. The molecule has 0 aromatic heterocycles. The Bertz CT molecular complexity index is 383. The van der Waals surface area contributed by atoms with Crippen LogP contribution in [-0.4, -0.2) is 51.8 Å². The molecule has 2 aliphatic rings. The number of carbonyl (C=O) groups excluding carboxylic acids is 1. The van der Waals surface area contributed by atoms with Crippen molar-refractivity contribution in [2.24, 2.45) is 5.41 Å². The maximum atomic E-state index is 12.1. The average Bonchev–Trinajstić information content (AvgIpc) is 2.82. The third-order valence-electron chi connectivity index (χ3n) is 4.12. The molecule has 2 fully saturated rings. The van der Waals surface area contributed by atoms with Crippen molar-refractivity contribution in [1.82, 2.24) is 10.2 Å². The third-order valence-corrected chi connectivity index (χ3v) is 4.12. The van der Waals surface area contributed by atoms with Gasteiger partial charge in [0, 0.05) is 19.0 Å². The zero-order valence-corrected chi connectivity index (χ0v) is 11.4. The zero-order chi connectivity index (χ0) is 14.2. The molecule has 1 unspecified atom stereocenters. The van der Waals surface area contributed by atoms with E-state index in [0.717, 1.165) is 19.3 Å². The number of aliphatic carboxylic acids is 1. The molecule has 1 saturated heterocycles. The molecule has 108 valence electrons. The maximum Gasteiger partial charge on any atom is 0.326 e. The van der Waals surface area contributed by atoms with Crippen molar-refractivity contribution in [3.63, 3.8) is 0 Å². The molecule has 3 atom stereocenters. The molecule has 2 amide bonds. The normalized spacial score (nSPS) is 33.4. The molecule has 1 heterocycles. The quantitative estimate of drug-likeness (QED) is 0.692. The summed E-state index contributed by atoms with van der Waals surface area (Å²) < 4.78 is 0. The van der Waals surface area contributed by atoms with Gasteiger partial charge in [0.2, 0.25) is 0 Å². The summed E-state index contributed by atoms with van der Waals surface area (Å²) in [6, 6.07) is -1.18. The van der Waals surface area contributed by atoms with Gasteiger partial charge in [0.15, 0.2) is 0 Å². The summed E-state index contributed by atoms with van der Waals surface area (Å²) in [5.41, 5.74) is 0.231. The smallest absolute Gasteiger partial charge is 0.326 e. The highest BCUT2D eigenvalue weighted by Gasteiger charge is 2.40. The van der Waals surface area contributed by atoms with E-state index in [2.05, 4.69) is 19.2 Å². The van der Waals surface area contributed by atoms with Crippen molar-refractivity contribution in [2.75, 3.05) is 6.54 Å². The van der Waals surface area contributed by atoms with Crippen LogP contribution in [0.4, 0.5) is 4.79 Å². The van der Waals surface area contributed by atoms with Crippen LogP contribution in [0.5, 0.6) is 0 Å². The molecule has 2 rings (SSSR count). The highest BCUT2D eigenvalue weighted by atomic mass is 16.4. The van der Waals surface area contributed by atoms with Crippen LogP contribution in [0, 0.1) is 5.41 Å². The van der Waals surface area contributed by atoms with Gasteiger partial charge in [0.1, 0.15) is 6.04 Å². The number of carboxylic acids is 1. The number of nitrogens with one attached hydrogen (secondary N) is 1. The van der Waals surface area contributed by atoms with E-state index in [1.54, 1.807) is 0 Å². The standard InChI is InChI=1S/C13H22N2O4/c1-13(2)4-3-8(6-13)14-12(19)15-7-9(16)5-10(15)11(17)18/h8-10,16H,3-7H2,1-2H3,(H,14,19)(H,17,18)/t8?,9-,10-/m0/s1. The molecule has 1 aliphatic carbocycles. The lowest BCUT2D eigenvalue weighted by Crippen LogP contribution is -2.48. The Morgan fingerprint density at radius 3 is 2.58 bits per heavy atom. The fourth-order valence-electron chi connectivity index (χ4n) is 3.09. The van der Waals surface area contributed by atoms with Crippen molar-refractivity contribution < 1.29 is 19.8 Å². The van der Waals surface area contributed by atoms with Crippen molar-refractivity contribution in [2.45, 2.75) is 57.7 Å². The number of likely N-dealkylation sites (tertiary alicyclic amines) is 1. The topological polar surface area (TPSA) is 89.9 Å². The largest absolute Gasteiger partial charge is 0.480 e. The molecule has 6 nitrogen and oxygen atoms in total. The second-order valence-corrected chi connectivity index (χ2v) is 6.45. The monoisotopic (exact) mass is 270 g/mol. The predicted octanol–water partition coefficient (Wildman–Crippen LogP) is 0.794. The maximum absolute atomic E-state index is 12.1. The average molecular weight is 270 g/mol. The number of aliphatic hydroxyl groups is 1. The van der Waals surface area contributed by atoms with Gasteiger partial charge in [-0.3, -0.25) is 0 Å². The molecule has 19 heavy (non-hydrogen) atoms. The van der Waals surface area contributed by atoms with Crippen LogP contribution in [0.1, 0.15) is 39.5 Å². The van der Waals surface area contributed by atoms with Gasteiger partial charge in [0.25, 0.3) is 0 Å². The molecule has 0 aromatic rings. The van der Waals surface area contributed by atoms with Crippen molar-refractivity contribution in [3.8, 4) is 0 Å². The Morgan fingerprint density at radius 2 is 2.05 bits per heavy atom. The minimum absolute atomic E-state index is 0.0961. The summed E-state index contributed by atoms with van der Waals surface area (Å²) in [6.07, 6.45) is 2.26. The van der Waals surface area contributed by atoms with Crippen LogP contribution >= 0.6 is 0 Å². The first-order valence-electron chi connectivity index (χ1n) is 6.76. The molecule has 3 N–H and O–H groups in total. The van der Waals surface area contributed by atoms with E-state index >= 15 is 0 Å². The van der Waals surface area contributed by atoms with Gasteiger partial charge < -0.3 is 20.4 Å².